The molecule has 0 aliphatic heterocycles. The Kier molecular flexibility index (Phi) is 5.09. The third-order valence-corrected chi connectivity index (χ3v) is 7.28. The lowest BCUT2D eigenvalue weighted by molar-refractivity contribution is 0.272. The predicted octanol–water partition coefficient (Wildman–Crippen LogP) is 0.360. The van der Waals surface area contributed by atoms with E-state index in [1.165, 1.54) is 18.2 Å². The zero-order valence-corrected chi connectivity index (χ0v) is 14.8. The van der Waals surface area contributed by atoms with Gasteiger partial charge in [0.05, 0.1) is 11.5 Å². The van der Waals surface area contributed by atoms with E-state index < -0.39 is 39.9 Å². The van der Waals surface area contributed by atoms with Crippen molar-refractivity contribution in [1.82, 2.24) is 0 Å². The molecule has 2 rings (SSSR count). The van der Waals surface area contributed by atoms with E-state index in [-0.39, 0.29) is 12.0 Å². The Morgan fingerprint density at radius 1 is 0.960 bits per heavy atom. The van der Waals surface area contributed by atoms with E-state index in [9.17, 15) is 25.3 Å². The van der Waals surface area contributed by atoms with Crippen molar-refractivity contribution in [3.63, 3.8) is 0 Å². The molecular formula is C12H13NO9S3. The van der Waals surface area contributed by atoms with E-state index >= 15 is 0 Å². The van der Waals surface area contributed by atoms with Gasteiger partial charge in [0.2, 0.25) is 0 Å². The van der Waals surface area contributed by atoms with E-state index in [0.717, 1.165) is 12.1 Å². The van der Waals surface area contributed by atoms with Crippen LogP contribution in [0.4, 0.5) is 5.69 Å². The molecule has 0 aromatic heterocycles. The van der Waals surface area contributed by atoms with Gasteiger partial charge in [-0.1, -0.05) is 6.07 Å². The molecule has 25 heavy (non-hydrogen) atoms. The van der Waals surface area contributed by atoms with Crippen LogP contribution in [0.3, 0.4) is 0 Å². The zero-order valence-electron chi connectivity index (χ0n) is 12.4. The summed E-state index contributed by atoms with van der Waals surface area (Å²) in [5, 5.41) is 0.717. The average Bonchev–Trinajstić information content (AvgIpc) is 2.44. The molecule has 0 unspecified atom stereocenters. The fraction of sp³-hybridized carbons (Fsp3) is 0.167. The molecule has 0 aliphatic carbocycles. The molecule has 2 aromatic rings. The summed E-state index contributed by atoms with van der Waals surface area (Å²) in [7, 11) is -15.2. The Morgan fingerprint density at radius 2 is 1.60 bits per heavy atom. The fourth-order valence-electron chi connectivity index (χ4n) is 2.15. The SMILES string of the molecule is Nc1ccc2cc(S(=O)(=O)S(=O)(=O)O)cc(CCOS(=O)(=O)O)c2c1. The van der Waals surface area contributed by atoms with Crippen LogP contribution in [0.2, 0.25) is 0 Å². The molecule has 2 aromatic carbocycles. The van der Waals surface area contributed by atoms with Gasteiger partial charge in [-0.2, -0.15) is 16.8 Å². The van der Waals surface area contributed by atoms with Gasteiger partial charge in [0.15, 0.2) is 0 Å². The number of nitrogen functional groups attached to an aromatic ring is 1. The lowest BCUT2D eigenvalue weighted by Crippen LogP contribution is -2.15. The van der Waals surface area contributed by atoms with Crippen LogP contribution in [-0.2, 0) is 39.0 Å². The maximum absolute atomic E-state index is 11.9. The van der Waals surface area contributed by atoms with E-state index in [2.05, 4.69) is 4.18 Å². The molecular weight excluding hydrogens is 398 g/mol. The van der Waals surface area contributed by atoms with Crippen molar-refractivity contribution in [2.45, 2.75) is 11.3 Å². The third-order valence-electron chi connectivity index (χ3n) is 3.21. The minimum atomic E-state index is -5.41. The average molecular weight is 411 g/mol. The van der Waals surface area contributed by atoms with Crippen LogP contribution >= 0.6 is 0 Å². The molecule has 4 N–H and O–H groups in total. The number of nitrogens with two attached hydrogens (primary N) is 1. The molecule has 13 heteroatoms. The molecule has 0 amide bonds. The van der Waals surface area contributed by atoms with Crippen molar-refractivity contribution in [2.75, 3.05) is 12.3 Å². The minimum absolute atomic E-state index is 0.186. The Balaban J connectivity index is 2.63. The summed E-state index contributed by atoms with van der Waals surface area (Å²) in [5.74, 6) is 0. The molecule has 0 heterocycles. The number of fused-ring (bicyclic) bond motifs is 1. The summed E-state index contributed by atoms with van der Waals surface area (Å²) >= 11 is 0. The van der Waals surface area contributed by atoms with Crippen LogP contribution in [0, 0.1) is 0 Å². The number of anilines is 1. The fourth-order valence-corrected chi connectivity index (χ4v) is 4.27. The summed E-state index contributed by atoms with van der Waals surface area (Å²) in [4.78, 5) is -0.700. The van der Waals surface area contributed by atoms with E-state index in [1.807, 2.05) is 0 Å². The molecule has 0 saturated carbocycles. The Hall–Kier alpha value is -1.77. The first-order valence-electron chi connectivity index (χ1n) is 6.48. The zero-order chi connectivity index (χ0) is 19.0. The maximum Gasteiger partial charge on any atom is 0.397 e. The van der Waals surface area contributed by atoms with Crippen LogP contribution in [-0.4, -0.2) is 41.0 Å². The second-order valence-corrected chi connectivity index (χ2v) is 10.9. The van der Waals surface area contributed by atoms with Crippen LogP contribution in [0.25, 0.3) is 10.8 Å². The Morgan fingerprint density at radius 3 is 2.16 bits per heavy atom. The first kappa shape index (κ1) is 19.6. The van der Waals surface area contributed by atoms with Crippen molar-refractivity contribution < 1.29 is 38.5 Å². The molecule has 0 bridgehead atoms. The highest BCUT2D eigenvalue weighted by molar-refractivity contribution is 8.64. The summed E-state index contributed by atoms with van der Waals surface area (Å²) in [6.07, 6.45) is -0.186. The molecule has 0 atom stereocenters. The highest BCUT2D eigenvalue weighted by Crippen LogP contribution is 2.28. The van der Waals surface area contributed by atoms with Crippen LogP contribution in [0.5, 0.6) is 0 Å². The largest absolute Gasteiger partial charge is 0.399 e. The van der Waals surface area contributed by atoms with Gasteiger partial charge >= 0.3 is 28.4 Å². The predicted molar refractivity (Wildman–Crippen MR) is 88.3 cm³/mol. The number of benzene rings is 2. The second kappa shape index (κ2) is 6.51. The van der Waals surface area contributed by atoms with E-state index in [4.69, 9.17) is 14.8 Å². The summed E-state index contributed by atoms with van der Waals surface area (Å²) in [6.45, 7) is -0.530. The molecule has 0 fully saturated rings. The smallest absolute Gasteiger partial charge is 0.397 e. The van der Waals surface area contributed by atoms with Gasteiger partial charge in [-0.3, -0.25) is 9.11 Å². The normalized spacial score (nSPS) is 13.2. The lowest BCUT2D eigenvalue weighted by atomic mass is 10.0. The van der Waals surface area contributed by atoms with Crippen molar-refractivity contribution in [2.24, 2.45) is 0 Å². The van der Waals surface area contributed by atoms with Gasteiger partial charge in [-0.15, -0.1) is 0 Å². The summed E-state index contributed by atoms with van der Waals surface area (Å²) < 4.78 is 88.9. The number of rotatable bonds is 6. The molecule has 0 aliphatic rings. The van der Waals surface area contributed by atoms with Gasteiger partial charge in [0.25, 0.3) is 0 Å². The summed E-state index contributed by atoms with van der Waals surface area (Å²) in [6, 6.07) is 6.34. The minimum Gasteiger partial charge on any atom is -0.399 e. The van der Waals surface area contributed by atoms with Gasteiger partial charge < -0.3 is 5.73 Å². The molecule has 0 saturated heterocycles. The van der Waals surface area contributed by atoms with Gasteiger partial charge in [-0.05, 0) is 47.0 Å². The van der Waals surface area contributed by atoms with Crippen LogP contribution < -0.4 is 5.73 Å². The Labute approximate surface area is 143 Å². The van der Waals surface area contributed by atoms with Crippen LogP contribution in [0.15, 0.2) is 35.2 Å². The summed E-state index contributed by atoms with van der Waals surface area (Å²) in [5.41, 5.74) is 6.18. The molecule has 138 valence electrons. The van der Waals surface area contributed by atoms with Crippen molar-refractivity contribution in [3.8, 4) is 0 Å². The van der Waals surface area contributed by atoms with E-state index in [1.54, 1.807) is 0 Å². The van der Waals surface area contributed by atoms with Crippen LogP contribution in [0.1, 0.15) is 5.56 Å². The first-order valence-corrected chi connectivity index (χ1v) is 11.3. The third kappa shape index (κ3) is 4.45. The monoisotopic (exact) mass is 411 g/mol. The topological polar surface area (TPSA) is 178 Å². The number of hydrogen-bond acceptors (Lipinski definition) is 8. The lowest BCUT2D eigenvalue weighted by Gasteiger charge is -2.10. The van der Waals surface area contributed by atoms with Gasteiger partial charge in [-0.25, -0.2) is 12.6 Å². The van der Waals surface area contributed by atoms with Crippen molar-refractivity contribution >= 4 is 44.9 Å². The Bertz CT molecular complexity index is 1140. The molecule has 0 radical (unpaired) electrons. The quantitative estimate of drug-likeness (QED) is 0.341. The maximum atomic E-state index is 11.9. The standard InChI is InChI=1S/C12H13NO9S3/c13-10-2-1-8-5-11(23(14,15)25(19,20)21)6-9(12(8)7-10)3-4-22-24(16,17)18/h1-2,5-7H,3-4,13H2,(H,16,17,18)(H,19,20,21). The van der Waals surface area contributed by atoms with Crippen molar-refractivity contribution in [3.05, 3.63) is 35.9 Å². The highest BCUT2D eigenvalue weighted by atomic mass is 33.2. The highest BCUT2D eigenvalue weighted by Gasteiger charge is 2.30. The first-order chi connectivity index (χ1) is 11.3. The molecule has 10 nitrogen and oxygen atoms in total. The molecule has 0 spiro atoms. The number of hydrogen-bond donors (Lipinski definition) is 3. The van der Waals surface area contributed by atoms with Crippen molar-refractivity contribution in [1.29, 1.82) is 0 Å². The van der Waals surface area contributed by atoms with Gasteiger partial charge in [0.1, 0.15) is 0 Å². The van der Waals surface area contributed by atoms with E-state index in [0.29, 0.717) is 16.5 Å². The van der Waals surface area contributed by atoms with Gasteiger partial charge in [0, 0.05) is 5.69 Å². The second-order valence-electron chi connectivity index (χ2n) is 4.94.